The van der Waals surface area contributed by atoms with Crippen LogP contribution in [0.1, 0.15) is 35.7 Å². The standard InChI is InChI=1S/C18H24N2O3/c1-3-22-11-12-23-10-9-20(2)17(21)15-5-4-6-16(13-15)18(14-19)7-8-18/h4-6,13H,3,7-12H2,1-2H3. The molecule has 1 aliphatic rings. The van der Waals surface area contributed by atoms with E-state index in [1.54, 1.807) is 18.0 Å². The van der Waals surface area contributed by atoms with E-state index in [4.69, 9.17) is 9.47 Å². The van der Waals surface area contributed by atoms with Crippen molar-refractivity contribution in [1.82, 2.24) is 4.90 Å². The van der Waals surface area contributed by atoms with E-state index in [1.807, 2.05) is 25.1 Å². The average Bonchev–Trinajstić information content (AvgIpc) is 3.38. The van der Waals surface area contributed by atoms with Crippen molar-refractivity contribution >= 4 is 5.91 Å². The van der Waals surface area contributed by atoms with Gasteiger partial charge in [0.15, 0.2) is 0 Å². The highest BCUT2D eigenvalue weighted by atomic mass is 16.5. The van der Waals surface area contributed by atoms with Crippen molar-refractivity contribution in [3.8, 4) is 6.07 Å². The first-order chi connectivity index (χ1) is 11.1. The molecule has 1 amide bonds. The van der Waals surface area contributed by atoms with Crippen LogP contribution in [0, 0.1) is 11.3 Å². The maximum absolute atomic E-state index is 12.5. The number of carbonyl (C=O) groups is 1. The molecule has 0 bridgehead atoms. The number of rotatable bonds is 9. The Labute approximate surface area is 137 Å². The zero-order chi connectivity index (χ0) is 16.7. The third kappa shape index (κ3) is 4.54. The van der Waals surface area contributed by atoms with Gasteiger partial charge in [-0.3, -0.25) is 4.79 Å². The number of ether oxygens (including phenoxy) is 2. The van der Waals surface area contributed by atoms with Crippen LogP contribution < -0.4 is 0 Å². The van der Waals surface area contributed by atoms with Crippen molar-refractivity contribution in [3.05, 3.63) is 35.4 Å². The largest absolute Gasteiger partial charge is 0.379 e. The molecule has 0 spiro atoms. The van der Waals surface area contributed by atoms with Crippen molar-refractivity contribution in [2.75, 3.05) is 40.0 Å². The fourth-order valence-corrected chi connectivity index (χ4v) is 2.43. The molecule has 0 radical (unpaired) electrons. The Morgan fingerprint density at radius 3 is 2.70 bits per heavy atom. The summed E-state index contributed by atoms with van der Waals surface area (Å²) in [7, 11) is 1.76. The number of likely N-dealkylation sites (N-methyl/N-ethyl adjacent to an activating group) is 1. The molecule has 124 valence electrons. The summed E-state index contributed by atoms with van der Waals surface area (Å²) in [6, 6.07) is 9.80. The molecule has 1 aromatic carbocycles. The fraction of sp³-hybridized carbons (Fsp3) is 0.556. The molecule has 5 nitrogen and oxygen atoms in total. The molecule has 5 heteroatoms. The SMILES string of the molecule is CCOCCOCCN(C)C(=O)c1cccc(C2(C#N)CC2)c1. The zero-order valence-electron chi connectivity index (χ0n) is 13.9. The summed E-state index contributed by atoms with van der Waals surface area (Å²) < 4.78 is 10.6. The van der Waals surface area contributed by atoms with Gasteiger partial charge in [-0.05, 0) is 37.5 Å². The van der Waals surface area contributed by atoms with E-state index in [1.165, 1.54) is 0 Å². The maximum atomic E-state index is 12.5. The van der Waals surface area contributed by atoms with E-state index in [2.05, 4.69) is 6.07 Å². The first-order valence-corrected chi connectivity index (χ1v) is 8.06. The molecule has 1 fully saturated rings. The molecule has 0 saturated heterocycles. The van der Waals surface area contributed by atoms with Crippen LogP contribution in [-0.4, -0.2) is 50.8 Å². The van der Waals surface area contributed by atoms with Gasteiger partial charge in [-0.25, -0.2) is 0 Å². The summed E-state index contributed by atoms with van der Waals surface area (Å²) in [5, 5.41) is 9.28. The minimum Gasteiger partial charge on any atom is -0.379 e. The van der Waals surface area contributed by atoms with Gasteiger partial charge >= 0.3 is 0 Å². The lowest BCUT2D eigenvalue weighted by Crippen LogP contribution is -2.30. The smallest absolute Gasteiger partial charge is 0.253 e. The van der Waals surface area contributed by atoms with Crippen LogP contribution >= 0.6 is 0 Å². The van der Waals surface area contributed by atoms with Gasteiger partial charge in [0, 0.05) is 25.8 Å². The molecule has 1 aliphatic carbocycles. The predicted molar refractivity (Wildman–Crippen MR) is 87.2 cm³/mol. The lowest BCUT2D eigenvalue weighted by Gasteiger charge is -2.18. The monoisotopic (exact) mass is 316 g/mol. The quantitative estimate of drug-likeness (QED) is 0.656. The molecule has 0 heterocycles. The van der Waals surface area contributed by atoms with Gasteiger partial charge in [-0.15, -0.1) is 0 Å². The van der Waals surface area contributed by atoms with Gasteiger partial charge in [-0.1, -0.05) is 12.1 Å². The summed E-state index contributed by atoms with van der Waals surface area (Å²) in [4.78, 5) is 14.1. The third-order valence-corrected chi connectivity index (χ3v) is 4.12. The fourth-order valence-electron chi connectivity index (χ4n) is 2.43. The van der Waals surface area contributed by atoms with Crippen LogP contribution in [0.4, 0.5) is 0 Å². The number of hydrogen-bond donors (Lipinski definition) is 0. The normalized spacial score (nSPS) is 15.0. The molecule has 0 atom stereocenters. The maximum Gasteiger partial charge on any atom is 0.253 e. The van der Waals surface area contributed by atoms with Crippen LogP contribution in [0.15, 0.2) is 24.3 Å². The number of carbonyl (C=O) groups excluding carboxylic acids is 1. The molecule has 0 aromatic heterocycles. The summed E-state index contributed by atoms with van der Waals surface area (Å²) in [5.74, 6) is -0.0472. The Morgan fingerprint density at radius 2 is 2.04 bits per heavy atom. The second kappa shape index (κ2) is 8.09. The number of benzene rings is 1. The highest BCUT2D eigenvalue weighted by Crippen LogP contribution is 2.47. The Hall–Kier alpha value is -1.90. The molecule has 1 saturated carbocycles. The van der Waals surface area contributed by atoms with E-state index in [9.17, 15) is 10.1 Å². The van der Waals surface area contributed by atoms with Crippen LogP contribution in [0.25, 0.3) is 0 Å². The number of amides is 1. The van der Waals surface area contributed by atoms with Gasteiger partial charge in [-0.2, -0.15) is 5.26 Å². The van der Waals surface area contributed by atoms with E-state index in [0.29, 0.717) is 38.5 Å². The van der Waals surface area contributed by atoms with Gasteiger partial charge in [0.25, 0.3) is 5.91 Å². The van der Waals surface area contributed by atoms with Gasteiger partial charge in [0.1, 0.15) is 0 Å². The number of nitriles is 1. The molecule has 23 heavy (non-hydrogen) atoms. The highest BCUT2D eigenvalue weighted by molar-refractivity contribution is 5.94. The Morgan fingerprint density at radius 1 is 1.30 bits per heavy atom. The first-order valence-electron chi connectivity index (χ1n) is 8.06. The molecule has 0 N–H and O–H groups in total. The van der Waals surface area contributed by atoms with E-state index in [0.717, 1.165) is 18.4 Å². The molecule has 1 aromatic rings. The Balaban J connectivity index is 1.85. The molecule has 2 rings (SSSR count). The first kappa shape index (κ1) is 17.5. The third-order valence-electron chi connectivity index (χ3n) is 4.12. The molecular weight excluding hydrogens is 292 g/mol. The van der Waals surface area contributed by atoms with Gasteiger partial charge in [0.05, 0.1) is 31.3 Å². The molecule has 0 aliphatic heterocycles. The lowest BCUT2D eigenvalue weighted by molar-refractivity contribution is 0.0424. The summed E-state index contributed by atoms with van der Waals surface area (Å²) >= 11 is 0. The predicted octanol–water partition coefficient (Wildman–Crippen LogP) is 2.37. The van der Waals surface area contributed by atoms with Crippen LogP contribution in [0.3, 0.4) is 0 Å². The second-order valence-corrected chi connectivity index (χ2v) is 5.81. The van der Waals surface area contributed by atoms with Crippen molar-refractivity contribution in [2.24, 2.45) is 0 Å². The van der Waals surface area contributed by atoms with Crippen LogP contribution in [-0.2, 0) is 14.9 Å². The van der Waals surface area contributed by atoms with Gasteiger partial charge in [0.2, 0.25) is 0 Å². The van der Waals surface area contributed by atoms with Crippen molar-refractivity contribution in [3.63, 3.8) is 0 Å². The summed E-state index contributed by atoms with van der Waals surface area (Å²) in [6.45, 7) is 4.75. The minimum atomic E-state index is -0.364. The van der Waals surface area contributed by atoms with Crippen LogP contribution in [0.5, 0.6) is 0 Å². The highest BCUT2D eigenvalue weighted by Gasteiger charge is 2.45. The number of hydrogen-bond acceptors (Lipinski definition) is 4. The minimum absolute atomic E-state index is 0.0472. The Kier molecular flexibility index (Phi) is 6.14. The lowest BCUT2D eigenvalue weighted by atomic mass is 9.95. The molecular formula is C18H24N2O3. The summed E-state index contributed by atoms with van der Waals surface area (Å²) in [5.41, 5.74) is 1.21. The van der Waals surface area contributed by atoms with Crippen molar-refractivity contribution in [2.45, 2.75) is 25.2 Å². The zero-order valence-corrected chi connectivity index (χ0v) is 13.9. The second-order valence-electron chi connectivity index (χ2n) is 5.81. The van der Waals surface area contributed by atoms with E-state index in [-0.39, 0.29) is 11.3 Å². The van der Waals surface area contributed by atoms with E-state index < -0.39 is 0 Å². The van der Waals surface area contributed by atoms with Crippen molar-refractivity contribution in [1.29, 1.82) is 5.26 Å². The van der Waals surface area contributed by atoms with Crippen molar-refractivity contribution < 1.29 is 14.3 Å². The van der Waals surface area contributed by atoms with Gasteiger partial charge < -0.3 is 14.4 Å². The van der Waals surface area contributed by atoms with Crippen LogP contribution in [0.2, 0.25) is 0 Å². The Bertz CT molecular complexity index is 576. The average molecular weight is 316 g/mol. The van der Waals surface area contributed by atoms with E-state index >= 15 is 0 Å². The summed E-state index contributed by atoms with van der Waals surface area (Å²) in [6.07, 6.45) is 1.76. The topological polar surface area (TPSA) is 62.6 Å². The number of nitrogens with zero attached hydrogens (tertiary/aromatic N) is 2. The molecule has 0 unspecified atom stereocenters.